The van der Waals surface area contributed by atoms with Gasteiger partial charge in [0.15, 0.2) is 5.16 Å². The van der Waals surface area contributed by atoms with Crippen LogP contribution >= 0.6 is 34.7 Å². The van der Waals surface area contributed by atoms with Crippen molar-refractivity contribution in [3.05, 3.63) is 45.2 Å². The Morgan fingerprint density at radius 2 is 2.21 bits per heavy atom. The molecule has 0 spiro atoms. The van der Waals surface area contributed by atoms with Gasteiger partial charge in [0, 0.05) is 13.2 Å². The molecule has 124 valence electrons. The number of hydrogen-bond acceptors (Lipinski definition) is 6. The van der Waals surface area contributed by atoms with Gasteiger partial charge in [0.05, 0.1) is 15.7 Å². The Morgan fingerprint density at radius 1 is 1.42 bits per heavy atom. The minimum atomic E-state index is -0.446. The van der Waals surface area contributed by atoms with Gasteiger partial charge in [0.1, 0.15) is 10.6 Å². The molecular formula is C15H13ClN4O2S2. The monoisotopic (exact) mass is 380 g/mol. The number of aromatic nitrogens is 3. The highest BCUT2D eigenvalue weighted by Crippen LogP contribution is 2.24. The maximum absolute atomic E-state index is 12.3. The van der Waals surface area contributed by atoms with Gasteiger partial charge >= 0.3 is 0 Å². The quantitative estimate of drug-likeness (QED) is 0.555. The maximum Gasteiger partial charge on any atom is 0.262 e. The van der Waals surface area contributed by atoms with Gasteiger partial charge in [-0.2, -0.15) is 0 Å². The fourth-order valence-electron chi connectivity index (χ4n) is 1.97. The first-order valence-electron chi connectivity index (χ1n) is 6.99. The van der Waals surface area contributed by atoms with Crippen LogP contribution in [0, 0.1) is 0 Å². The van der Waals surface area contributed by atoms with Crippen molar-refractivity contribution in [3.8, 4) is 0 Å². The fraction of sp³-hybridized carbons (Fsp3) is 0.200. The van der Waals surface area contributed by atoms with E-state index in [0.717, 1.165) is 0 Å². The number of thioether (sulfide) groups is 1. The second-order valence-electron chi connectivity index (χ2n) is 5.01. The summed E-state index contributed by atoms with van der Waals surface area (Å²) in [5, 5.41) is 5.69. The van der Waals surface area contributed by atoms with Gasteiger partial charge in [-0.3, -0.25) is 14.2 Å². The smallest absolute Gasteiger partial charge is 0.262 e. The van der Waals surface area contributed by atoms with Crippen molar-refractivity contribution < 1.29 is 4.79 Å². The third-order valence-corrected chi connectivity index (χ3v) is 5.47. The van der Waals surface area contributed by atoms with Crippen LogP contribution < -0.4 is 10.9 Å². The SMILES string of the molecule is CC(Sc1nc2sccc2c(=O)n1C)C(=O)Nc1ccc(Cl)cn1. The number of thiophene rings is 1. The molecule has 0 aliphatic heterocycles. The molecule has 1 amide bonds. The lowest BCUT2D eigenvalue weighted by Crippen LogP contribution is -2.25. The van der Waals surface area contributed by atoms with Gasteiger partial charge in [0.2, 0.25) is 5.91 Å². The number of halogens is 1. The van der Waals surface area contributed by atoms with Crippen molar-refractivity contribution in [2.45, 2.75) is 17.3 Å². The second-order valence-corrected chi connectivity index (χ2v) is 7.65. The molecule has 24 heavy (non-hydrogen) atoms. The van der Waals surface area contributed by atoms with Crippen LogP contribution in [0.4, 0.5) is 5.82 Å². The summed E-state index contributed by atoms with van der Waals surface area (Å²) in [4.78, 5) is 33.7. The predicted octanol–water partition coefficient (Wildman–Crippen LogP) is 3.16. The lowest BCUT2D eigenvalue weighted by atomic mass is 10.4. The first-order valence-corrected chi connectivity index (χ1v) is 9.12. The summed E-state index contributed by atoms with van der Waals surface area (Å²) in [6.07, 6.45) is 1.46. The number of nitrogens with zero attached hydrogens (tertiary/aromatic N) is 3. The number of amides is 1. The topological polar surface area (TPSA) is 76.9 Å². The average molecular weight is 381 g/mol. The minimum Gasteiger partial charge on any atom is -0.310 e. The highest BCUT2D eigenvalue weighted by molar-refractivity contribution is 8.00. The molecule has 3 heterocycles. The van der Waals surface area contributed by atoms with E-state index in [1.54, 1.807) is 32.2 Å². The van der Waals surface area contributed by atoms with Crippen molar-refractivity contribution in [1.29, 1.82) is 0 Å². The molecule has 0 aliphatic rings. The largest absolute Gasteiger partial charge is 0.310 e. The van der Waals surface area contributed by atoms with Crippen LogP contribution in [0.15, 0.2) is 39.7 Å². The first kappa shape index (κ1) is 16.9. The van der Waals surface area contributed by atoms with Gasteiger partial charge < -0.3 is 5.32 Å². The molecule has 1 unspecified atom stereocenters. The summed E-state index contributed by atoms with van der Waals surface area (Å²) in [5.74, 6) is 0.197. The van der Waals surface area contributed by atoms with Gasteiger partial charge in [-0.25, -0.2) is 9.97 Å². The van der Waals surface area contributed by atoms with Gasteiger partial charge in [-0.1, -0.05) is 23.4 Å². The number of nitrogens with one attached hydrogen (secondary N) is 1. The van der Waals surface area contributed by atoms with Gasteiger partial charge in [-0.15, -0.1) is 11.3 Å². The number of carbonyl (C=O) groups excluding carboxylic acids is 1. The van der Waals surface area contributed by atoms with Gasteiger partial charge in [0.25, 0.3) is 5.56 Å². The zero-order valence-electron chi connectivity index (χ0n) is 12.8. The number of anilines is 1. The highest BCUT2D eigenvalue weighted by atomic mass is 35.5. The lowest BCUT2D eigenvalue weighted by molar-refractivity contribution is -0.115. The molecule has 3 aromatic heterocycles. The van der Waals surface area contributed by atoms with Crippen molar-refractivity contribution in [2.75, 3.05) is 5.32 Å². The molecule has 0 radical (unpaired) electrons. The molecule has 0 fully saturated rings. The lowest BCUT2D eigenvalue weighted by Gasteiger charge is -2.13. The van der Waals surface area contributed by atoms with E-state index in [4.69, 9.17) is 11.6 Å². The standard InChI is InChI=1S/C15H13ClN4O2S2/c1-8(12(21)18-11-4-3-9(16)7-17-11)24-15-19-13-10(5-6-23-13)14(22)20(15)2/h3-8H,1-2H3,(H,17,18,21). The Morgan fingerprint density at radius 3 is 2.92 bits per heavy atom. The normalized spacial score (nSPS) is 12.3. The van der Waals surface area contributed by atoms with E-state index in [2.05, 4.69) is 15.3 Å². The summed E-state index contributed by atoms with van der Waals surface area (Å²) in [6, 6.07) is 5.04. The molecule has 3 rings (SSSR count). The van der Waals surface area contributed by atoms with Crippen molar-refractivity contribution >= 4 is 56.6 Å². The van der Waals surface area contributed by atoms with Crippen molar-refractivity contribution in [2.24, 2.45) is 7.05 Å². The molecule has 0 bridgehead atoms. The van der Waals surface area contributed by atoms with E-state index < -0.39 is 5.25 Å². The fourth-order valence-corrected chi connectivity index (χ4v) is 3.77. The summed E-state index contributed by atoms with van der Waals surface area (Å²) in [5.41, 5.74) is -0.115. The summed E-state index contributed by atoms with van der Waals surface area (Å²) >= 11 is 8.40. The Hall–Kier alpha value is -1.90. The van der Waals surface area contributed by atoms with E-state index in [-0.39, 0.29) is 11.5 Å². The van der Waals surface area contributed by atoms with E-state index in [0.29, 0.717) is 26.2 Å². The van der Waals surface area contributed by atoms with Gasteiger partial charge in [-0.05, 0) is 30.5 Å². The highest BCUT2D eigenvalue weighted by Gasteiger charge is 2.19. The molecule has 0 saturated carbocycles. The number of hydrogen-bond donors (Lipinski definition) is 1. The minimum absolute atomic E-state index is 0.115. The Bertz CT molecular complexity index is 952. The number of fused-ring (bicyclic) bond motifs is 1. The third kappa shape index (κ3) is 3.45. The summed E-state index contributed by atoms with van der Waals surface area (Å²) in [6.45, 7) is 1.75. The Kier molecular flexibility index (Phi) is 4.88. The third-order valence-electron chi connectivity index (χ3n) is 3.29. The second kappa shape index (κ2) is 6.92. The molecule has 9 heteroatoms. The molecule has 3 aromatic rings. The van der Waals surface area contributed by atoms with Crippen LogP contribution in [0.2, 0.25) is 5.02 Å². The van der Waals surface area contributed by atoms with Crippen LogP contribution in [-0.2, 0) is 11.8 Å². The molecule has 1 N–H and O–H groups in total. The van der Waals surface area contributed by atoms with Crippen LogP contribution in [0.1, 0.15) is 6.92 Å². The Labute approximate surface area is 150 Å². The van der Waals surface area contributed by atoms with Crippen molar-refractivity contribution in [3.63, 3.8) is 0 Å². The average Bonchev–Trinajstić information content (AvgIpc) is 3.03. The summed E-state index contributed by atoms with van der Waals surface area (Å²) < 4.78 is 1.46. The molecule has 0 saturated heterocycles. The van der Waals surface area contributed by atoms with Crippen LogP contribution in [0.25, 0.3) is 10.2 Å². The number of carbonyl (C=O) groups is 1. The van der Waals surface area contributed by atoms with Crippen LogP contribution in [-0.4, -0.2) is 25.7 Å². The molecule has 0 aromatic carbocycles. The first-order chi connectivity index (χ1) is 11.5. The van der Waals surface area contributed by atoms with Crippen LogP contribution in [0.5, 0.6) is 0 Å². The van der Waals surface area contributed by atoms with E-state index in [9.17, 15) is 9.59 Å². The Balaban J connectivity index is 1.77. The maximum atomic E-state index is 12.3. The van der Waals surface area contributed by atoms with E-state index in [1.165, 1.54) is 33.9 Å². The zero-order chi connectivity index (χ0) is 17.3. The number of rotatable bonds is 4. The summed E-state index contributed by atoms with van der Waals surface area (Å²) in [7, 11) is 1.65. The van der Waals surface area contributed by atoms with Crippen molar-refractivity contribution in [1.82, 2.24) is 14.5 Å². The van der Waals surface area contributed by atoms with E-state index >= 15 is 0 Å². The molecule has 1 atom stereocenters. The predicted molar refractivity (Wildman–Crippen MR) is 98.1 cm³/mol. The molecule has 6 nitrogen and oxygen atoms in total. The zero-order valence-corrected chi connectivity index (χ0v) is 15.2. The van der Waals surface area contributed by atoms with Crippen LogP contribution in [0.3, 0.4) is 0 Å². The number of pyridine rings is 1. The molecular weight excluding hydrogens is 368 g/mol. The molecule has 0 aliphatic carbocycles. The van der Waals surface area contributed by atoms with E-state index in [1.807, 2.05) is 5.38 Å².